The van der Waals surface area contributed by atoms with E-state index in [1.54, 1.807) is 0 Å². The van der Waals surface area contributed by atoms with Crippen LogP contribution in [0.2, 0.25) is 0 Å². The monoisotopic (exact) mass is 342 g/mol. The zero-order valence-corrected chi connectivity index (χ0v) is 14.9. The molecule has 3 nitrogen and oxygen atoms in total. The predicted molar refractivity (Wildman–Crippen MR) is 107 cm³/mol. The van der Waals surface area contributed by atoms with Crippen molar-refractivity contribution < 1.29 is 4.79 Å². The van der Waals surface area contributed by atoms with Crippen LogP contribution in [0.25, 0.3) is 0 Å². The summed E-state index contributed by atoms with van der Waals surface area (Å²) < 4.78 is 0. The molecule has 1 aliphatic heterocycles. The van der Waals surface area contributed by atoms with Crippen LogP contribution in [0.5, 0.6) is 0 Å². The van der Waals surface area contributed by atoms with Crippen LogP contribution >= 0.6 is 0 Å². The molecule has 1 N–H and O–H groups in total. The second-order valence-electron chi connectivity index (χ2n) is 6.81. The van der Waals surface area contributed by atoms with E-state index in [1.165, 1.54) is 16.8 Å². The van der Waals surface area contributed by atoms with Crippen molar-refractivity contribution in [3.63, 3.8) is 0 Å². The summed E-state index contributed by atoms with van der Waals surface area (Å²) in [5, 5.41) is 2.97. The highest BCUT2D eigenvalue weighted by atomic mass is 16.1. The van der Waals surface area contributed by atoms with E-state index in [0.29, 0.717) is 5.56 Å². The largest absolute Gasteiger partial charge is 0.367 e. The first-order chi connectivity index (χ1) is 12.7. The van der Waals surface area contributed by atoms with Gasteiger partial charge in [-0.3, -0.25) is 4.79 Å². The third-order valence-corrected chi connectivity index (χ3v) is 4.90. The maximum Gasteiger partial charge on any atom is 0.255 e. The first kappa shape index (κ1) is 16.4. The lowest BCUT2D eigenvalue weighted by Gasteiger charge is -2.30. The Morgan fingerprint density at radius 2 is 1.69 bits per heavy atom. The number of nitrogens with zero attached hydrogens (tertiary/aromatic N) is 1. The first-order valence-electron chi connectivity index (χ1n) is 8.99. The third-order valence-electron chi connectivity index (χ3n) is 4.90. The fourth-order valence-corrected chi connectivity index (χ4v) is 3.46. The van der Waals surface area contributed by atoms with E-state index < -0.39 is 0 Å². The van der Waals surface area contributed by atoms with Gasteiger partial charge < -0.3 is 10.2 Å². The third kappa shape index (κ3) is 3.47. The minimum atomic E-state index is -0.0756. The van der Waals surface area contributed by atoms with Gasteiger partial charge in [0.2, 0.25) is 0 Å². The number of fused-ring (bicyclic) bond motifs is 1. The molecule has 0 fully saturated rings. The van der Waals surface area contributed by atoms with Gasteiger partial charge in [0.15, 0.2) is 0 Å². The van der Waals surface area contributed by atoms with Crippen molar-refractivity contribution in [2.75, 3.05) is 16.8 Å². The molecule has 3 heteroatoms. The van der Waals surface area contributed by atoms with Crippen molar-refractivity contribution >= 4 is 17.3 Å². The van der Waals surface area contributed by atoms with Gasteiger partial charge in [-0.05, 0) is 60.9 Å². The SMILES string of the molecule is Cc1cccc(C(=O)Nc2ccc(N3CCc4ccccc4C3)cc2)c1. The molecular weight excluding hydrogens is 320 g/mol. The molecule has 3 aromatic rings. The Kier molecular flexibility index (Phi) is 4.44. The fraction of sp³-hybridized carbons (Fsp3) is 0.174. The summed E-state index contributed by atoms with van der Waals surface area (Å²) in [7, 11) is 0. The summed E-state index contributed by atoms with van der Waals surface area (Å²) in [6.07, 6.45) is 1.07. The van der Waals surface area contributed by atoms with Gasteiger partial charge in [0.25, 0.3) is 5.91 Å². The van der Waals surface area contributed by atoms with Gasteiger partial charge in [0.1, 0.15) is 0 Å². The zero-order chi connectivity index (χ0) is 17.9. The van der Waals surface area contributed by atoms with Crippen LogP contribution in [0.3, 0.4) is 0 Å². The molecule has 0 aromatic heterocycles. The molecule has 0 radical (unpaired) electrons. The molecular formula is C23H22N2O. The average Bonchev–Trinajstić information content (AvgIpc) is 2.68. The molecule has 130 valence electrons. The van der Waals surface area contributed by atoms with Gasteiger partial charge in [0, 0.05) is 30.0 Å². The number of hydrogen-bond donors (Lipinski definition) is 1. The Morgan fingerprint density at radius 3 is 2.46 bits per heavy atom. The molecule has 0 aliphatic carbocycles. The van der Waals surface area contributed by atoms with E-state index in [-0.39, 0.29) is 5.91 Å². The van der Waals surface area contributed by atoms with E-state index >= 15 is 0 Å². The second kappa shape index (κ2) is 7.04. The number of benzene rings is 3. The topological polar surface area (TPSA) is 32.3 Å². The van der Waals surface area contributed by atoms with Crippen molar-refractivity contribution in [3.8, 4) is 0 Å². The van der Waals surface area contributed by atoms with Crippen molar-refractivity contribution in [1.82, 2.24) is 0 Å². The van der Waals surface area contributed by atoms with E-state index in [1.807, 2.05) is 43.3 Å². The Bertz CT molecular complexity index is 931. The minimum Gasteiger partial charge on any atom is -0.367 e. The highest BCUT2D eigenvalue weighted by Gasteiger charge is 2.16. The maximum atomic E-state index is 12.4. The zero-order valence-electron chi connectivity index (χ0n) is 14.9. The highest BCUT2D eigenvalue weighted by molar-refractivity contribution is 6.04. The molecule has 1 aliphatic rings. The van der Waals surface area contributed by atoms with E-state index in [2.05, 4.69) is 46.6 Å². The summed E-state index contributed by atoms with van der Waals surface area (Å²) in [5.41, 5.74) is 6.62. The second-order valence-corrected chi connectivity index (χ2v) is 6.81. The van der Waals surface area contributed by atoms with Crippen LogP contribution in [0.4, 0.5) is 11.4 Å². The number of anilines is 2. The molecule has 1 amide bonds. The van der Waals surface area contributed by atoms with Crippen molar-refractivity contribution in [1.29, 1.82) is 0 Å². The predicted octanol–water partition coefficient (Wildman–Crippen LogP) is 4.81. The van der Waals surface area contributed by atoms with E-state index in [9.17, 15) is 4.79 Å². The molecule has 4 rings (SSSR count). The lowest BCUT2D eigenvalue weighted by atomic mass is 9.99. The van der Waals surface area contributed by atoms with Crippen LogP contribution < -0.4 is 10.2 Å². The van der Waals surface area contributed by atoms with Gasteiger partial charge in [-0.2, -0.15) is 0 Å². The van der Waals surface area contributed by atoms with Crippen molar-refractivity contribution in [2.45, 2.75) is 19.9 Å². The van der Waals surface area contributed by atoms with Gasteiger partial charge >= 0.3 is 0 Å². The lowest BCUT2D eigenvalue weighted by molar-refractivity contribution is 0.102. The Labute approximate surface area is 154 Å². The van der Waals surface area contributed by atoms with E-state index in [0.717, 1.165) is 30.8 Å². The average molecular weight is 342 g/mol. The fourth-order valence-electron chi connectivity index (χ4n) is 3.46. The summed E-state index contributed by atoms with van der Waals surface area (Å²) in [6.45, 7) is 3.94. The Hall–Kier alpha value is -3.07. The normalized spacial score (nSPS) is 13.2. The number of amides is 1. The van der Waals surface area contributed by atoms with Gasteiger partial charge in [-0.25, -0.2) is 0 Å². The van der Waals surface area contributed by atoms with Crippen LogP contribution in [-0.2, 0) is 13.0 Å². The quantitative estimate of drug-likeness (QED) is 0.741. The van der Waals surface area contributed by atoms with Crippen molar-refractivity contribution in [3.05, 3.63) is 95.1 Å². The smallest absolute Gasteiger partial charge is 0.255 e. The van der Waals surface area contributed by atoms with Gasteiger partial charge in [-0.15, -0.1) is 0 Å². The molecule has 0 atom stereocenters. The molecule has 0 bridgehead atoms. The van der Waals surface area contributed by atoms with Gasteiger partial charge in [-0.1, -0.05) is 42.0 Å². The lowest BCUT2D eigenvalue weighted by Crippen LogP contribution is -2.30. The van der Waals surface area contributed by atoms with Crippen LogP contribution in [0, 0.1) is 6.92 Å². The standard InChI is InChI=1S/C23H22N2O/c1-17-5-4-8-19(15-17)23(26)24-21-9-11-22(12-10-21)25-14-13-18-6-2-3-7-20(18)16-25/h2-12,15H,13-14,16H2,1H3,(H,24,26). The molecule has 3 aromatic carbocycles. The summed E-state index contributed by atoms with van der Waals surface area (Å²) in [6, 6.07) is 24.4. The highest BCUT2D eigenvalue weighted by Crippen LogP contribution is 2.25. The van der Waals surface area contributed by atoms with Crippen LogP contribution in [0.1, 0.15) is 27.0 Å². The number of aryl methyl sites for hydroxylation is 1. The maximum absolute atomic E-state index is 12.4. The molecule has 0 saturated carbocycles. The molecule has 26 heavy (non-hydrogen) atoms. The van der Waals surface area contributed by atoms with Gasteiger partial charge in [0.05, 0.1) is 0 Å². The number of carbonyl (C=O) groups excluding carboxylic acids is 1. The Balaban J connectivity index is 1.45. The number of carbonyl (C=O) groups is 1. The number of hydrogen-bond acceptors (Lipinski definition) is 2. The summed E-state index contributed by atoms with van der Waals surface area (Å²) in [5.74, 6) is -0.0756. The summed E-state index contributed by atoms with van der Waals surface area (Å²) in [4.78, 5) is 14.8. The van der Waals surface area contributed by atoms with Crippen LogP contribution in [-0.4, -0.2) is 12.5 Å². The summed E-state index contributed by atoms with van der Waals surface area (Å²) >= 11 is 0. The Morgan fingerprint density at radius 1 is 0.923 bits per heavy atom. The van der Waals surface area contributed by atoms with E-state index in [4.69, 9.17) is 0 Å². The van der Waals surface area contributed by atoms with Crippen LogP contribution in [0.15, 0.2) is 72.8 Å². The number of nitrogens with one attached hydrogen (secondary N) is 1. The molecule has 0 unspecified atom stereocenters. The molecule has 1 heterocycles. The van der Waals surface area contributed by atoms with Crippen molar-refractivity contribution in [2.24, 2.45) is 0 Å². The number of rotatable bonds is 3. The minimum absolute atomic E-state index is 0.0756. The molecule has 0 spiro atoms. The first-order valence-corrected chi connectivity index (χ1v) is 8.99. The molecule has 0 saturated heterocycles.